The number of nitrogens with one attached hydrogen (secondary N) is 1. The summed E-state index contributed by atoms with van der Waals surface area (Å²) in [4.78, 5) is 2.66. The number of nitriles is 1. The smallest absolute Gasteiger partial charge is 0.105 e. The molecule has 1 N–H and O–H groups in total. The van der Waals surface area contributed by atoms with Gasteiger partial charge in [-0.05, 0) is 58.0 Å². The molecule has 3 heteroatoms. The lowest BCUT2D eigenvalue weighted by molar-refractivity contribution is 0.105. The van der Waals surface area contributed by atoms with Gasteiger partial charge in [0.05, 0.1) is 6.07 Å². The van der Waals surface area contributed by atoms with Crippen molar-refractivity contribution in [3.05, 3.63) is 0 Å². The molecule has 1 heterocycles. The Balaban J connectivity index is 1.87. The van der Waals surface area contributed by atoms with E-state index in [0.717, 1.165) is 31.5 Å². The Bertz CT molecular complexity index is 309. The first-order valence-corrected chi connectivity index (χ1v) is 7.59. The van der Waals surface area contributed by atoms with E-state index >= 15 is 0 Å². The zero-order valence-corrected chi connectivity index (χ0v) is 11.9. The summed E-state index contributed by atoms with van der Waals surface area (Å²) in [7, 11) is 0. The highest BCUT2D eigenvalue weighted by Gasteiger charge is 2.35. The molecule has 1 saturated carbocycles. The standard InChI is InChI=1S/C15H27N3/c1-3-17-15(2,12-16)9-11-18-10-5-7-13-6-4-8-14(13)18/h13-14,17H,3-11H2,1-2H3. The summed E-state index contributed by atoms with van der Waals surface area (Å²) >= 11 is 0. The average Bonchev–Trinajstić information content (AvgIpc) is 2.85. The van der Waals surface area contributed by atoms with E-state index in [4.69, 9.17) is 0 Å². The molecule has 3 atom stereocenters. The Labute approximate surface area is 112 Å². The summed E-state index contributed by atoms with van der Waals surface area (Å²) in [5.41, 5.74) is -0.347. The van der Waals surface area contributed by atoms with E-state index in [2.05, 4.69) is 23.2 Å². The number of fused-ring (bicyclic) bond motifs is 1. The molecule has 102 valence electrons. The number of nitrogens with zero attached hydrogens (tertiary/aromatic N) is 2. The summed E-state index contributed by atoms with van der Waals surface area (Å²) in [6.45, 7) is 7.30. The molecule has 0 bridgehead atoms. The first-order valence-electron chi connectivity index (χ1n) is 7.59. The van der Waals surface area contributed by atoms with Crippen LogP contribution in [0.3, 0.4) is 0 Å². The molecule has 1 aliphatic heterocycles. The van der Waals surface area contributed by atoms with Gasteiger partial charge in [-0.1, -0.05) is 13.3 Å². The van der Waals surface area contributed by atoms with Crippen LogP contribution in [-0.2, 0) is 0 Å². The van der Waals surface area contributed by atoms with Gasteiger partial charge in [0.1, 0.15) is 5.54 Å². The van der Waals surface area contributed by atoms with Gasteiger partial charge in [0, 0.05) is 12.6 Å². The lowest BCUT2D eigenvalue weighted by Crippen LogP contribution is -2.48. The van der Waals surface area contributed by atoms with Crippen LogP contribution < -0.4 is 5.32 Å². The molecule has 0 amide bonds. The summed E-state index contributed by atoms with van der Waals surface area (Å²) in [5, 5.41) is 12.6. The predicted molar refractivity (Wildman–Crippen MR) is 74.2 cm³/mol. The molecule has 2 fully saturated rings. The zero-order valence-electron chi connectivity index (χ0n) is 11.9. The van der Waals surface area contributed by atoms with Crippen LogP contribution in [0.4, 0.5) is 0 Å². The number of likely N-dealkylation sites (tertiary alicyclic amines) is 1. The highest BCUT2D eigenvalue weighted by molar-refractivity contribution is 5.04. The van der Waals surface area contributed by atoms with Gasteiger partial charge in [-0.25, -0.2) is 0 Å². The molecule has 2 aliphatic rings. The van der Waals surface area contributed by atoms with Crippen LogP contribution >= 0.6 is 0 Å². The summed E-state index contributed by atoms with van der Waals surface area (Å²) in [5.74, 6) is 0.950. The topological polar surface area (TPSA) is 39.1 Å². The Morgan fingerprint density at radius 1 is 1.33 bits per heavy atom. The molecule has 0 aromatic carbocycles. The Morgan fingerprint density at radius 2 is 2.11 bits per heavy atom. The normalized spacial score (nSPS) is 31.6. The van der Waals surface area contributed by atoms with E-state index in [1.54, 1.807) is 0 Å². The Kier molecular flexibility index (Phi) is 4.64. The number of rotatable bonds is 5. The summed E-state index contributed by atoms with van der Waals surface area (Å²) in [6.07, 6.45) is 7.96. The lowest BCUT2D eigenvalue weighted by Gasteiger charge is -2.39. The van der Waals surface area contributed by atoms with Crippen molar-refractivity contribution in [3.63, 3.8) is 0 Å². The van der Waals surface area contributed by atoms with Crippen LogP contribution in [0.1, 0.15) is 52.4 Å². The van der Waals surface area contributed by atoms with Crippen molar-refractivity contribution in [2.24, 2.45) is 5.92 Å². The SMILES string of the molecule is CCNC(C)(C#N)CCN1CCCC2CCCC21. The van der Waals surface area contributed by atoms with E-state index in [0.29, 0.717) is 0 Å². The molecule has 0 aromatic rings. The molecule has 18 heavy (non-hydrogen) atoms. The molecular formula is C15H27N3. The van der Waals surface area contributed by atoms with Gasteiger partial charge in [-0.2, -0.15) is 5.26 Å². The van der Waals surface area contributed by atoms with Crippen molar-refractivity contribution in [3.8, 4) is 6.07 Å². The third-order valence-corrected chi connectivity index (χ3v) is 4.82. The van der Waals surface area contributed by atoms with Crippen molar-refractivity contribution >= 4 is 0 Å². The summed E-state index contributed by atoms with van der Waals surface area (Å²) < 4.78 is 0. The first kappa shape index (κ1) is 13.8. The fraction of sp³-hybridized carbons (Fsp3) is 0.933. The molecule has 1 saturated heterocycles. The van der Waals surface area contributed by atoms with E-state index in [1.165, 1.54) is 38.6 Å². The van der Waals surface area contributed by atoms with E-state index in [9.17, 15) is 5.26 Å². The van der Waals surface area contributed by atoms with Crippen LogP contribution in [0.25, 0.3) is 0 Å². The average molecular weight is 249 g/mol. The minimum absolute atomic E-state index is 0.347. The van der Waals surface area contributed by atoms with Gasteiger partial charge in [0.2, 0.25) is 0 Å². The predicted octanol–water partition coefficient (Wildman–Crippen LogP) is 2.53. The van der Waals surface area contributed by atoms with Crippen molar-refractivity contribution < 1.29 is 0 Å². The molecule has 0 aromatic heterocycles. The first-order chi connectivity index (χ1) is 8.68. The van der Waals surface area contributed by atoms with Gasteiger partial charge >= 0.3 is 0 Å². The van der Waals surface area contributed by atoms with Gasteiger partial charge in [0.25, 0.3) is 0 Å². The summed E-state index contributed by atoms with van der Waals surface area (Å²) in [6, 6.07) is 3.26. The van der Waals surface area contributed by atoms with Gasteiger partial charge in [-0.3, -0.25) is 5.32 Å². The minimum Gasteiger partial charge on any atom is -0.300 e. The maximum absolute atomic E-state index is 9.30. The number of piperidine rings is 1. The molecule has 2 rings (SSSR count). The minimum atomic E-state index is -0.347. The van der Waals surface area contributed by atoms with Crippen LogP contribution in [0.5, 0.6) is 0 Å². The number of hydrogen-bond acceptors (Lipinski definition) is 3. The second-order valence-corrected chi connectivity index (χ2v) is 6.16. The van der Waals surface area contributed by atoms with Crippen molar-refractivity contribution in [2.75, 3.05) is 19.6 Å². The highest BCUT2D eigenvalue weighted by Crippen LogP contribution is 2.36. The third kappa shape index (κ3) is 3.05. The Hall–Kier alpha value is -0.590. The van der Waals surface area contributed by atoms with Crippen LogP contribution in [0.15, 0.2) is 0 Å². The van der Waals surface area contributed by atoms with Crippen LogP contribution in [0.2, 0.25) is 0 Å². The second-order valence-electron chi connectivity index (χ2n) is 6.16. The fourth-order valence-electron chi connectivity index (χ4n) is 3.78. The van der Waals surface area contributed by atoms with Gasteiger partial charge in [0.15, 0.2) is 0 Å². The van der Waals surface area contributed by atoms with Gasteiger partial charge < -0.3 is 4.90 Å². The van der Waals surface area contributed by atoms with Gasteiger partial charge in [-0.15, -0.1) is 0 Å². The monoisotopic (exact) mass is 249 g/mol. The lowest BCUT2D eigenvalue weighted by atomic mass is 9.90. The molecule has 1 aliphatic carbocycles. The third-order valence-electron chi connectivity index (χ3n) is 4.82. The highest BCUT2D eigenvalue weighted by atomic mass is 15.2. The molecule has 0 spiro atoms. The zero-order chi connectivity index (χ0) is 13.0. The maximum atomic E-state index is 9.30. The molecule has 3 unspecified atom stereocenters. The van der Waals surface area contributed by atoms with Crippen molar-refractivity contribution in [1.29, 1.82) is 5.26 Å². The van der Waals surface area contributed by atoms with Crippen molar-refractivity contribution in [1.82, 2.24) is 10.2 Å². The molecular weight excluding hydrogens is 222 g/mol. The quantitative estimate of drug-likeness (QED) is 0.814. The van der Waals surface area contributed by atoms with E-state index < -0.39 is 0 Å². The van der Waals surface area contributed by atoms with Crippen LogP contribution in [-0.4, -0.2) is 36.1 Å². The van der Waals surface area contributed by atoms with E-state index in [-0.39, 0.29) is 5.54 Å². The Morgan fingerprint density at radius 3 is 2.83 bits per heavy atom. The molecule has 3 nitrogen and oxygen atoms in total. The molecule has 0 radical (unpaired) electrons. The number of hydrogen-bond donors (Lipinski definition) is 1. The van der Waals surface area contributed by atoms with E-state index in [1.807, 2.05) is 6.92 Å². The second kappa shape index (κ2) is 6.04. The van der Waals surface area contributed by atoms with Crippen molar-refractivity contribution in [2.45, 2.75) is 64.0 Å². The fourth-order valence-corrected chi connectivity index (χ4v) is 3.78. The largest absolute Gasteiger partial charge is 0.300 e. The van der Waals surface area contributed by atoms with Crippen LogP contribution in [0, 0.1) is 17.2 Å². The maximum Gasteiger partial charge on any atom is 0.105 e.